The molecule has 0 bridgehead atoms. The zero-order valence-corrected chi connectivity index (χ0v) is 18.6. The first kappa shape index (κ1) is 21.5. The molecule has 0 saturated carbocycles. The number of carbonyl (C=O) groups is 1. The van der Waals surface area contributed by atoms with Crippen LogP contribution in [-0.2, 0) is 17.8 Å². The summed E-state index contributed by atoms with van der Waals surface area (Å²) >= 11 is 1.78. The molecular formula is C19H25IN4O2S. The molecule has 0 saturated heterocycles. The Bertz CT molecular complexity index is 807. The molecule has 3 N–H and O–H groups in total. The monoisotopic (exact) mass is 500 g/mol. The van der Waals surface area contributed by atoms with Crippen LogP contribution < -0.4 is 20.7 Å². The van der Waals surface area contributed by atoms with Gasteiger partial charge in [0.05, 0.1) is 13.1 Å². The standard InChI is InChI=1S/C19H24N4O2S.HI/c1-13-3-6-16(26-13)12-22-19(20-2)21-9-10-25-15-5-7-17-14(11-15)4-8-18(24)23-17;/h3,5-7,11H,4,8-10,12H2,1-2H3,(H,23,24)(H2,20,21,22);1H. The summed E-state index contributed by atoms with van der Waals surface area (Å²) in [6.07, 6.45) is 1.29. The van der Waals surface area contributed by atoms with Crippen LogP contribution in [0.3, 0.4) is 0 Å². The average molecular weight is 500 g/mol. The van der Waals surface area contributed by atoms with Gasteiger partial charge in [0.15, 0.2) is 5.96 Å². The minimum absolute atomic E-state index is 0. The van der Waals surface area contributed by atoms with Crippen molar-refractivity contribution in [2.75, 3.05) is 25.5 Å². The van der Waals surface area contributed by atoms with Gasteiger partial charge in [-0.2, -0.15) is 0 Å². The molecule has 146 valence electrons. The van der Waals surface area contributed by atoms with Crippen LogP contribution >= 0.6 is 35.3 Å². The van der Waals surface area contributed by atoms with Gasteiger partial charge in [0.1, 0.15) is 12.4 Å². The second-order valence-corrected chi connectivity index (χ2v) is 7.45. The second-order valence-electron chi connectivity index (χ2n) is 6.08. The number of aliphatic imine (C=N–C) groups is 1. The smallest absolute Gasteiger partial charge is 0.224 e. The first-order valence-corrected chi connectivity index (χ1v) is 9.51. The van der Waals surface area contributed by atoms with Crippen LogP contribution in [0.25, 0.3) is 0 Å². The van der Waals surface area contributed by atoms with Gasteiger partial charge in [-0.15, -0.1) is 35.3 Å². The Balaban J connectivity index is 0.00000261. The van der Waals surface area contributed by atoms with E-state index in [9.17, 15) is 4.79 Å². The molecule has 3 rings (SSSR count). The molecule has 1 aliphatic heterocycles. The zero-order valence-electron chi connectivity index (χ0n) is 15.5. The fraction of sp³-hybridized carbons (Fsp3) is 0.368. The number of thiophene rings is 1. The molecule has 27 heavy (non-hydrogen) atoms. The van der Waals surface area contributed by atoms with Crippen molar-refractivity contribution in [1.82, 2.24) is 10.6 Å². The van der Waals surface area contributed by atoms with Gasteiger partial charge in [-0.25, -0.2) is 0 Å². The highest BCUT2D eigenvalue weighted by Gasteiger charge is 2.14. The molecule has 2 aromatic rings. The Labute approximate surface area is 180 Å². The maximum atomic E-state index is 11.4. The van der Waals surface area contributed by atoms with E-state index in [0.717, 1.165) is 35.9 Å². The fourth-order valence-electron chi connectivity index (χ4n) is 2.76. The topological polar surface area (TPSA) is 74.8 Å². The van der Waals surface area contributed by atoms with Gasteiger partial charge in [0, 0.05) is 28.9 Å². The Morgan fingerprint density at radius 3 is 2.85 bits per heavy atom. The summed E-state index contributed by atoms with van der Waals surface area (Å²) in [5.74, 6) is 1.65. The number of hydrogen-bond acceptors (Lipinski definition) is 4. The number of hydrogen-bond donors (Lipinski definition) is 3. The number of halogens is 1. The molecule has 0 atom stereocenters. The lowest BCUT2D eigenvalue weighted by atomic mass is 10.0. The molecular weight excluding hydrogens is 475 g/mol. The quantitative estimate of drug-likeness (QED) is 0.246. The molecule has 0 unspecified atom stereocenters. The first-order valence-electron chi connectivity index (χ1n) is 8.69. The van der Waals surface area contributed by atoms with Crippen LogP contribution in [0.1, 0.15) is 21.7 Å². The zero-order chi connectivity index (χ0) is 18.4. The average Bonchev–Trinajstić information content (AvgIpc) is 3.06. The summed E-state index contributed by atoms with van der Waals surface area (Å²) in [5.41, 5.74) is 2.01. The fourth-order valence-corrected chi connectivity index (χ4v) is 3.59. The summed E-state index contributed by atoms with van der Waals surface area (Å²) in [6, 6.07) is 10.0. The highest BCUT2D eigenvalue weighted by molar-refractivity contribution is 14.0. The number of benzene rings is 1. The maximum absolute atomic E-state index is 11.4. The number of carbonyl (C=O) groups excluding carboxylic acids is 1. The Morgan fingerprint density at radius 1 is 1.26 bits per heavy atom. The van der Waals surface area contributed by atoms with Crippen LogP contribution in [0.15, 0.2) is 35.3 Å². The van der Waals surface area contributed by atoms with Crippen LogP contribution in [0, 0.1) is 6.92 Å². The SMILES string of the molecule is CN=C(NCCOc1ccc2c(c1)CCC(=O)N2)NCc1ccc(C)s1.I. The number of aryl methyl sites for hydroxylation is 2. The first-order chi connectivity index (χ1) is 12.6. The summed E-state index contributed by atoms with van der Waals surface area (Å²) in [5, 5.41) is 9.42. The minimum atomic E-state index is 0. The highest BCUT2D eigenvalue weighted by Crippen LogP contribution is 2.26. The lowest BCUT2D eigenvalue weighted by Crippen LogP contribution is -2.38. The predicted molar refractivity (Wildman–Crippen MR) is 122 cm³/mol. The van der Waals surface area contributed by atoms with Crippen LogP contribution in [0.5, 0.6) is 5.75 Å². The van der Waals surface area contributed by atoms with Gasteiger partial charge >= 0.3 is 0 Å². The van der Waals surface area contributed by atoms with E-state index in [1.54, 1.807) is 18.4 Å². The molecule has 1 aromatic carbocycles. The maximum Gasteiger partial charge on any atom is 0.224 e. The molecule has 0 spiro atoms. The Kier molecular flexibility index (Phi) is 8.36. The number of nitrogens with zero attached hydrogens (tertiary/aromatic N) is 1. The molecule has 0 aliphatic carbocycles. The van der Waals surface area contributed by atoms with E-state index in [-0.39, 0.29) is 29.9 Å². The van der Waals surface area contributed by atoms with Gasteiger partial charge < -0.3 is 20.7 Å². The Hall–Kier alpha value is -1.81. The van der Waals surface area contributed by atoms with Gasteiger partial charge in [0.2, 0.25) is 5.91 Å². The van der Waals surface area contributed by atoms with Crippen molar-refractivity contribution in [1.29, 1.82) is 0 Å². The third-order valence-corrected chi connectivity index (χ3v) is 5.09. The third kappa shape index (κ3) is 6.39. The van der Waals surface area contributed by atoms with Crippen molar-refractivity contribution in [3.05, 3.63) is 45.6 Å². The molecule has 1 aromatic heterocycles. The van der Waals surface area contributed by atoms with E-state index >= 15 is 0 Å². The summed E-state index contributed by atoms with van der Waals surface area (Å²) in [7, 11) is 1.76. The predicted octanol–water partition coefficient (Wildman–Crippen LogP) is 3.30. The number of fused-ring (bicyclic) bond motifs is 1. The lowest BCUT2D eigenvalue weighted by molar-refractivity contribution is -0.116. The molecule has 0 radical (unpaired) electrons. The van der Waals surface area contributed by atoms with Gasteiger partial charge in [-0.3, -0.25) is 9.79 Å². The van der Waals surface area contributed by atoms with Crippen LogP contribution in [0.4, 0.5) is 5.69 Å². The number of rotatable bonds is 6. The molecule has 1 amide bonds. The molecule has 8 heteroatoms. The number of nitrogens with one attached hydrogen (secondary N) is 3. The van der Waals surface area contributed by atoms with Gasteiger partial charge in [0.25, 0.3) is 0 Å². The van der Waals surface area contributed by atoms with Gasteiger partial charge in [-0.1, -0.05) is 0 Å². The van der Waals surface area contributed by atoms with E-state index in [1.807, 2.05) is 18.2 Å². The minimum Gasteiger partial charge on any atom is -0.492 e. The van der Waals surface area contributed by atoms with E-state index in [4.69, 9.17) is 4.74 Å². The van der Waals surface area contributed by atoms with Crippen LogP contribution in [0.2, 0.25) is 0 Å². The van der Waals surface area contributed by atoms with Crippen molar-refractivity contribution in [2.24, 2.45) is 4.99 Å². The van der Waals surface area contributed by atoms with E-state index < -0.39 is 0 Å². The highest BCUT2D eigenvalue weighted by atomic mass is 127. The number of amides is 1. The second kappa shape index (κ2) is 10.5. The largest absolute Gasteiger partial charge is 0.492 e. The number of guanidine groups is 1. The molecule has 2 heterocycles. The summed E-state index contributed by atoms with van der Waals surface area (Å²) < 4.78 is 5.80. The summed E-state index contributed by atoms with van der Waals surface area (Å²) in [6.45, 7) is 4.05. The van der Waals surface area contributed by atoms with Crippen molar-refractivity contribution in [3.8, 4) is 5.75 Å². The Morgan fingerprint density at radius 2 is 2.11 bits per heavy atom. The van der Waals surface area contributed by atoms with Crippen molar-refractivity contribution < 1.29 is 9.53 Å². The van der Waals surface area contributed by atoms with E-state index in [0.29, 0.717) is 19.6 Å². The van der Waals surface area contributed by atoms with Crippen molar-refractivity contribution >= 4 is 52.9 Å². The number of ether oxygens (including phenoxy) is 1. The number of anilines is 1. The molecule has 6 nitrogen and oxygen atoms in total. The van der Waals surface area contributed by atoms with Gasteiger partial charge in [-0.05, 0) is 49.2 Å². The van der Waals surface area contributed by atoms with Crippen molar-refractivity contribution in [2.45, 2.75) is 26.3 Å². The normalized spacial score (nSPS) is 13.3. The lowest BCUT2D eigenvalue weighted by Gasteiger charge is -2.18. The molecule has 0 fully saturated rings. The molecule has 1 aliphatic rings. The summed E-state index contributed by atoms with van der Waals surface area (Å²) in [4.78, 5) is 18.2. The third-order valence-electron chi connectivity index (χ3n) is 4.09. The van der Waals surface area contributed by atoms with Crippen LogP contribution in [-0.4, -0.2) is 32.1 Å². The van der Waals surface area contributed by atoms with E-state index in [2.05, 4.69) is 40.0 Å². The van der Waals surface area contributed by atoms with Crippen molar-refractivity contribution in [3.63, 3.8) is 0 Å². The van der Waals surface area contributed by atoms with E-state index in [1.165, 1.54) is 9.75 Å².